The third kappa shape index (κ3) is 4.01. The van der Waals surface area contributed by atoms with E-state index >= 15 is 0 Å². The lowest BCUT2D eigenvalue weighted by molar-refractivity contribution is 0.254. The van der Waals surface area contributed by atoms with Gasteiger partial charge in [-0.15, -0.1) is 0 Å². The molecule has 2 amide bonds. The number of nitrogens with one attached hydrogen (secondary N) is 3. The van der Waals surface area contributed by atoms with Crippen molar-refractivity contribution in [1.82, 2.24) is 15.4 Å². The molecule has 0 aliphatic heterocycles. The minimum atomic E-state index is -3.59. The quantitative estimate of drug-likeness (QED) is 0.487. The average molecular weight is 357 g/mol. The number of nitrogens with zero attached hydrogens (tertiary/aromatic N) is 2. The van der Waals surface area contributed by atoms with Gasteiger partial charge in [-0.2, -0.15) is 4.98 Å². The number of fused-ring (bicyclic) bond motifs is 1. The van der Waals surface area contributed by atoms with Crippen LogP contribution in [0.25, 0.3) is 10.9 Å². The molecule has 0 aliphatic rings. The van der Waals surface area contributed by atoms with E-state index in [0.717, 1.165) is 6.26 Å². The van der Waals surface area contributed by atoms with E-state index in [4.69, 9.17) is 0 Å². The van der Waals surface area contributed by atoms with Crippen LogP contribution in [0.5, 0.6) is 0 Å². The third-order valence-electron chi connectivity index (χ3n) is 3.24. The number of hydrogen-bond donors (Lipinski definition) is 3. The Morgan fingerprint density at radius 1 is 0.960 bits per heavy atom. The Morgan fingerprint density at radius 2 is 1.64 bits per heavy atom. The molecule has 0 saturated carbocycles. The summed E-state index contributed by atoms with van der Waals surface area (Å²) >= 11 is 0. The average Bonchev–Trinajstić information content (AvgIpc) is 2.59. The smallest absolute Gasteiger partial charge is 0.307 e. The second kappa shape index (κ2) is 6.73. The number of rotatable bonds is 4. The topological polar surface area (TPSA) is 113 Å². The van der Waals surface area contributed by atoms with Gasteiger partial charge in [-0.25, -0.2) is 18.2 Å². The molecule has 0 bridgehead atoms. The van der Waals surface area contributed by atoms with E-state index in [1.54, 1.807) is 48.5 Å². The number of para-hydroxylation sites is 2. The number of carbonyl (C=O) groups is 1. The van der Waals surface area contributed by atoms with Crippen molar-refractivity contribution in [3.8, 4) is 0 Å². The van der Waals surface area contributed by atoms with Crippen molar-refractivity contribution in [3.63, 3.8) is 0 Å². The summed E-state index contributed by atoms with van der Waals surface area (Å²) in [5, 5.41) is 2.89. The Labute approximate surface area is 144 Å². The third-order valence-corrected chi connectivity index (χ3v) is 4.09. The van der Waals surface area contributed by atoms with Gasteiger partial charge in [0.2, 0.25) is 15.0 Å². The van der Waals surface area contributed by atoms with Crippen molar-refractivity contribution in [2.75, 3.05) is 17.0 Å². The maximum atomic E-state index is 12.0. The first kappa shape index (κ1) is 16.7. The van der Waals surface area contributed by atoms with Crippen LogP contribution in [0.4, 0.5) is 16.3 Å². The van der Waals surface area contributed by atoms with Crippen LogP contribution in [0, 0.1) is 0 Å². The first-order chi connectivity index (χ1) is 11.9. The van der Waals surface area contributed by atoms with Gasteiger partial charge in [0, 0.05) is 17.3 Å². The number of benzene rings is 2. The first-order valence-corrected chi connectivity index (χ1v) is 9.17. The van der Waals surface area contributed by atoms with Crippen LogP contribution in [0.2, 0.25) is 0 Å². The van der Waals surface area contributed by atoms with Gasteiger partial charge in [-0.1, -0.05) is 30.3 Å². The molecule has 8 nitrogen and oxygen atoms in total. The number of amides is 2. The van der Waals surface area contributed by atoms with E-state index in [2.05, 4.69) is 26.1 Å². The summed E-state index contributed by atoms with van der Waals surface area (Å²) in [7, 11) is -3.59. The highest BCUT2D eigenvalue weighted by molar-refractivity contribution is 7.90. The van der Waals surface area contributed by atoms with Crippen LogP contribution < -0.4 is 16.2 Å². The van der Waals surface area contributed by atoms with E-state index in [9.17, 15) is 13.2 Å². The van der Waals surface area contributed by atoms with Crippen molar-refractivity contribution >= 4 is 38.3 Å². The van der Waals surface area contributed by atoms with Gasteiger partial charge >= 0.3 is 6.03 Å². The molecule has 128 valence electrons. The van der Waals surface area contributed by atoms with Crippen LogP contribution in [-0.4, -0.2) is 30.7 Å². The maximum absolute atomic E-state index is 12.0. The number of carbonyl (C=O) groups excluding carboxylic acids is 1. The van der Waals surface area contributed by atoms with E-state index in [-0.39, 0.29) is 11.0 Å². The summed E-state index contributed by atoms with van der Waals surface area (Å²) in [6, 6.07) is 15.3. The summed E-state index contributed by atoms with van der Waals surface area (Å²) in [5.41, 5.74) is 6.14. The van der Waals surface area contributed by atoms with Gasteiger partial charge in [0.1, 0.15) is 0 Å². The highest BCUT2D eigenvalue weighted by Gasteiger charge is 2.15. The molecule has 25 heavy (non-hydrogen) atoms. The zero-order valence-corrected chi connectivity index (χ0v) is 14.0. The summed E-state index contributed by atoms with van der Waals surface area (Å²) in [5.74, 6) is 0.189. The molecule has 9 heteroatoms. The molecule has 0 fully saturated rings. The fourth-order valence-corrected chi connectivity index (χ4v) is 2.64. The van der Waals surface area contributed by atoms with E-state index < -0.39 is 15.9 Å². The molecular weight excluding hydrogens is 342 g/mol. The SMILES string of the molecule is CS(=O)(=O)c1nc(NNC(=O)Nc2ccccc2)c2ccccc2n1. The molecule has 1 heterocycles. The van der Waals surface area contributed by atoms with E-state index in [1.165, 1.54) is 0 Å². The fourth-order valence-electron chi connectivity index (χ4n) is 2.12. The van der Waals surface area contributed by atoms with Gasteiger partial charge < -0.3 is 5.32 Å². The molecular formula is C16H15N5O3S. The number of urea groups is 1. The normalized spacial score (nSPS) is 11.1. The van der Waals surface area contributed by atoms with Gasteiger partial charge in [0.05, 0.1) is 5.52 Å². The lowest BCUT2D eigenvalue weighted by atomic mass is 10.2. The monoisotopic (exact) mass is 357 g/mol. The first-order valence-electron chi connectivity index (χ1n) is 7.28. The highest BCUT2D eigenvalue weighted by Crippen LogP contribution is 2.21. The molecule has 1 aromatic heterocycles. The Morgan fingerprint density at radius 3 is 2.36 bits per heavy atom. The second-order valence-electron chi connectivity index (χ2n) is 5.21. The molecule has 2 aromatic carbocycles. The zero-order valence-electron chi connectivity index (χ0n) is 13.2. The molecule has 0 radical (unpaired) electrons. The molecule has 0 aliphatic carbocycles. The lowest BCUT2D eigenvalue weighted by Crippen LogP contribution is -2.34. The molecule has 3 rings (SSSR count). The number of anilines is 2. The lowest BCUT2D eigenvalue weighted by Gasteiger charge is -2.12. The van der Waals surface area contributed by atoms with Crippen LogP contribution in [-0.2, 0) is 9.84 Å². The van der Waals surface area contributed by atoms with E-state index in [0.29, 0.717) is 16.6 Å². The predicted octanol–water partition coefficient (Wildman–Crippen LogP) is 2.18. The predicted molar refractivity (Wildman–Crippen MR) is 94.9 cm³/mol. The summed E-state index contributed by atoms with van der Waals surface area (Å²) < 4.78 is 23.5. The number of aromatic nitrogens is 2. The van der Waals surface area contributed by atoms with Crippen LogP contribution in [0.1, 0.15) is 0 Å². The van der Waals surface area contributed by atoms with E-state index in [1.807, 2.05) is 6.07 Å². The second-order valence-corrected chi connectivity index (χ2v) is 7.12. The van der Waals surface area contributed by atoms with Crippen molar-refractivity contribution in [2.24, 2.45) is 0 Å². The van der Waals surface area contributed by atoms with Crippen LogP contribution in [0.15, 0.2) is 59.8 Å². The van der Waals surface area contributed by atoms with Crippen molar-refractivity contribution in [2.45, 2.75) is 5.16 Å². The number of hydrogen-bond acceptors (Lipinski definition) is 6. The number of hydrazine groups is 1. The standard InChI is InChI=1S/C16H15N5O3S/c1-25(23,24)16-18-13-10-6-5-9-12(13)14(19-16)20-21-15(22)17-11-7-3-2-4-8-11/h2-10H,1H3,(H2,17,21,22)(H,18,19,20). The minimum absolute atomic E-state index is 0.189. The zero-order chi connectivity index (χ0) is 17.9. The molecule has 0 spiro atoms. The maximum Gasteiger partial charge on any atom is 0.337 e. The van der Waals surface area contributed by atoms with Crippen LogP contribution in [0.3, 0.4) is 0 Å². The van der Waals surface area contributed by atoms with Crippen LogP contribution >= 0.6 is 0 Å². The Kier molecular flexibility index (Phi) is 4.48. The van der Waals surface area contributed by atoms with Gasteiger partial charge in [-0.05, 0) is 24.3 Å². The number of sulfone groups is 1. The van der Waals surface area contributed by atoms with Crippen molar-refractivity contribution < 1.29 is 13.2 Å². The van der Waals surface area contributed by atoms with Gasteiger partial charge in [-0.3, -0.25) is 10.9 Å². The largest absolute Gasteiger partial charge is 0.337 e. The van der Waals surface area contributed by atoms with Gasteiger partial charge in [0.15, 0.2) is 5.82 Å². The Bertz CT molecular complexity index is 1020. The summed E-state index contributed by atoms with van der Waals surface area (Å²) in [4.78, 5) is 20.0. The molecule has 3 aromatic rings. The van der Waals surface area contributed by atoms with Gasteiger partial charge in [0.25, 0.3) is 0 Å². The Hall–Kier alpha value is -3.20. The van der Waals surface area contributed by atoms with Crippen molar-refractivity contribution in [3.05, 3.63) is 54.6 Å². The summed E-state index contributed by atoms with van der Waals surface area (Å²) in [6.07, 6.45) is 1.02. The molecule has 0 saturated heterocycles. The molecule has 3 N–H and O–H groups in total. The fraction of sp³-hybridized carbons (Fsp3) is 0.0625. The highest BCUT2D eigenvalue weighted by atomic mass is 32.2. The molecule has 0 unspecified atom stereocenters. The Balaban J connectivity index is 1.84. The summed E-state index contributed by atoms with van der Waals surface area (Å²) in [6.45, 7) is 0. The van der Waals surface area contributed by atoms with Crippen molar-refractivity contribution in [1.29, 1.82) is 0 Å². The molecule has 0 atom stereocenters. The minimum Gasteiger partial charge on any atom is -0.307 e.